The zero-order valence-electron chi connectivity index (χ0n) is 15.3. The third-order valence-corrected chi connectivity index (χ3v) is 5.76. The number of nitrogens with zero attached hydrogens (tertiary/aromatic N) is 2. The Morgan fingerprint density at radius 3 is 2.46 bits per heavy atom. The van der Waals surface area contributed by atoms with Crippen LogP contribution in [-0.2, 0) is 10.2 Å². The number of nitriles is 1. The summed E-state index contributed by atoms with van der Waals surface area (Å²) in [6.07, 6.45) is 0. The molecule has 2 aromatic rings. The topological polar surface area (TPSA) is 80.0 Å². The highest BCUT2D eigenvalue weighted by molar-refractivity contribution is 7.10. The number of guanidine groups is 1. The molecule has 1 aliphatic heterocycles. The van der Waals surface area contributed by atoms with E-state index in [0.717, 1.165) is 10.4 Å². The quantitative estimate of drug-likeness (QED) is 0.850. The maximum absolute atomic E-state index is 13.0. The lowest BCUT2D eigenvalue weighted by Gasteiger charge is -2.37. The molecule has 1 fully saturated rings. The van der Waals surface area contributed by atoms with Gasteiger partial charge in [0.15, 0.2) is 5.96 Å². The van der Waals surface area contributed by atoms with Crippen LogP contribution < -0.4 is 5.32 Å². The molecule has 0 spiro atoms. The number of hydrogen-bond acceptors (Lipinski definition) is 4. The first-order chi connectivity index (χ1) is 12.2. The van der Waals surface area contributed by atoms with Gasteiger partial charge in [-0.1, -0.05) is 45.0 Å². The summed E-state index contributed by atoms with van der Waals surface area (Å²) in [6.45, 7) is 6.47. The van der Waals surface area contributed by atoms with Crippen molar-refractivity contribution in [1.82, 2.24) is 10.2 Å². The average Bonchev–Trinajstić information content (AvgIpc) is 3.08. The summed E-state index contributed by atoms with van der Waals surface area (Å²) in [5.74, 6) is -0.475. The fourth-order valence-corrected chi connectivity index (χ4v) is 4.04. The summed E-state index contributed by atoms with van der Waals surface area (Å²) in [5, 5.41) is 22.1. The van der Waals surface area contributed by atoms with E-state index in [2.05, 4.69) is 44.3 Å². The van der Waals surface area contributed by atoms with Crippen molar-refractivity contribution in [3.05, 3.63) is 57.3 Å². The van der Waals surface area contributed by atoms with E-state index in [-0.39, 0.29) is 23.3 Å². The van der Waals surface area contributed by atoms with Gasteiger partial charge in [-0.2, -0.15) is 5.26 Å². The molecule has 1 aliphatic rings. The minimum atomic E-state index is -0.437. The predicted molar refractivity (Wildman–Crippen MR) is 103 cm³/mol. The molecule has 134 valence electrons. The van der Waals surface area contributed by atoms with Crippen LogP contribution >= 0.6 is 11.3 Å². The summed E-state index contributed by atoms with van der Waals surface area (Å²) < 4.78 is 0. The van der Waals surface area contributed by atoms with E-state index in [1.807, 2.05) is 12.1 Å². The Hall–Kier alpha value is -2.65. The van der Waals surface area contributed by atoms with Crippen LogP contribution in [0, 0.1) is 16.7 Å². The van der Waals surface area contributed by atoms with Gasteiger partial charge in [0, 0.05) is 17.3 Å². The maximum atomic E-state index is 13.0. The summed E-state index contributed by atoms with van der Waals surface area (Å²) in [6, 6.07) is 11.7. The van der Waals surface area contributed by atoms with Crippen molar-refractivity contribution in [2.75, 3.05) is 7.05 Å². The average molecular weight is 366 g/mol. The fraction of sp³-hybridized carbons (Fsp3) is 0.350. The van der Waals surface area contributed by atoms with Crippen LogP contribution in [0.15, 0.2) is 35.7 Å². The number of nitrogens with one attached hydrogen (secondary N) is 2. The highest BCUT2D eigenvalue weighted by atomic mass is 32.1. The maximum Gasteiger partial charge on any atom is 0.239 e. The zero-order valence-corrected chi connectivity index (χ0v) is 16.1. The number of carbonyl (C=O) groups is 1. The van der Waals surface area contributed by atoms with Crippen LogP contribution in [0.3, 0.4) is 0 Å². The second-order valence-corrected chi connectivity index (χ2v) is 8.51. The van der Waals surface area contributed by atoms with Crippen molar-refractivity contribution in [3.63, 3.8) is 0 Å². The molecule has 2 heterocycles. The Morgan fingerprint density at radius 1 is 1.27 bits per heavy atom. The van der Waals surface area contributed by atoms with E-state index in [1.54, 1.807) is 18.5 Å². The third kappa shape index (κ3) is 3.23. The first-order valence-electron chi connectivity index (χ1n) is 8.44. The number of carbonyl (C=O) groups excluding carboxylic acids is 1. The van der Waals surface area contributed by atoms with Gasteiger partial charge >= 0.3 is 0 Å². The molecule has 2 N–H and O–H groups in total. The van der Waals surface area contributed by atoms with Gasteiger partial charge < -0.3 is 5.32 Å². The van der Waals surface area contributed by atoms with Crippen molar-refractivity contribution >= 4 is 23.2 Å². The number of hydrogen-bond donors (Lipinski definition) is 2. The van der Waals surface area contributed by atoms with Gasteiger partial charge in [0.2, 0.25) is 5.91 Å². The van der Waals surface area contributed by atoms with Crippen molar-refractivity contribution in [1.29, 1.82) is 10.7 Å². The van der Waals surface area contributed by atoms with E-state index in [9.17, 15) is 4.79 Å². The van der Waals surface area contributed by atoms with E-state index in [4.69, 9.17) is 10.7 Å². The van der Waals surface area contributed by atoms with Crippen LogP contribution in [0.2, 0.25) is 0 Å². The van der Waals surface area contributed by atoms with Crippen LogP contribution in [0.1, 0.15) is 54.3 Å². The van der Waals surface area contributed by atoms with Gasteiger partial charge in [-0.05, 0) is 22.6 Å². The molecule has 1 unspecified atom stereocenters. The first kappa shape index (κ1) is 18.2. The lowest BCUT2D eigenvalue weighted by molar-refractivity contribution is -0.130. The molecule has 0 saturated carbocycles. The molecule has 0 aliphatic carbocycles. The monoisotopic (exact) mass is 366 g/mol. The number of thiophene rings is 1. The van der Waals surface area contributed by atoms with Gasteiger partial charge in [0.05, 0.1) is 17.5 Å². The molecule has 2 atom stereocenters. The molecule has 1 amide bonds. The molecule has 5 nitrogen and oxygen atoms in total. The van der Waals surface area contributed by atoms with Crippen molar-refractivity contribution in [2.45, 2.75) is 38.1 Å². The Morgan fingerprint density at radius 2 is 1.92 bits per heavy atom. The normalized spacial score (nSPS) is 20.7. The molecule has 3 rings (SSSR count). The molecule has 1 aromatic heterocycles. The molecule has 0 bridgehead atoms. The molecule has 26 heavy (non-hydrogen) atoms. The SMILES string of the molecule is CN1C(=N)N[C@H](c2cc(C#N)cs2)C(c2ccc(C(C)(C)C)cc2)C1=O. The molecule has 1 aromatic carbocycles. The Kier molecular flexibility index (Phi) is 4.59. The Bertz CT molecular complexity index is 886. The smallest absolute Gasteiger partial charge is 0.239 e. The van der Waals surface area contributed by atoms with Gasteiger partial charge in [-0.3, -0.25) is 15.1 Å². The number of rotatable bonds is 2. The molecule has 0 radical (unpaired) electrons. The summed E-state index contributed by atoms with van der Waals surface area (Å²) in [7, 11) is 1.61. The number of amides is 1. The van der Waals surface area contributed by atoms with Crippen LogP contribution in [0.5, 0.6) is 0 Å². The predicted octanol–water partition coefficient (Wildman–Crippen LogP) is 3.74. The van der Waals surface area contributed by atoms with E-state index < -0.39 is 5.92 Å². The van der Waals surface area contributed by atoms with Crippen molar-refractivity contribution < 1.29 is 4.79 Å². The Balaban J connectivity index is 2.03. The summed E-state index contributed by atoms with van der Waals surface area (Å²) >= 11 is 1.44. The van der Waals surface area contributed by atoms with Crippen LogP contribution in [0.25, 0.3) is 0 Å². The van der Waals surface area contributed by atoms with E-state index >= 15 is 0 Å². The third-order valence-electron chi connectivity index (χ3n) is 4.75. The fourth-order valence-electron chi connectivity index (χ4n) is 3.12. The zero-order chi connectivity index (χ0) is 19.1. The van der Waals surface area contributed by atoms with Gasteiger partial charge in [-0.25, -0.2) is 0 Å². The highest BCUT2D eigenvalue weighted by Crippen LogP contribution is 2.38. The van der Waals surface area contributed by atoms with Crippen LogP contribution in [0.4, 0.5) is 0 Å². The molecule has 1 saturated heterocycles. The minimum Gasteiger partial charge on any atom is -0.347 e. The largest absolute Gasteiger partial charge is 0.347 e. The lowest BCUT2D eigenvalue weighted by atomic mass is 9.83. The Labute approximate surface area is 157 Å². The molecular formula is C20H22N4OS. The second kappa shape index (κ2) is 6.58. The number of benzene rings is 1. The second-order valence-electron chi connectivity index (χ2n) is 7.57. The highest BCUT2D eigenvalue weighted by Gasteiger charge is 2.40. The van der Waals surface area contributed by atoms with Crippen molar-refractivity contribution in [2.24, 2.45) is 0 Å². The van der Waals surface area contributed by atoms with Gasteiger partial charge in [-0.15, -0.1) is 11.3 Å². The molecule has 6 heteroatoms. The summed E-state index contributed by atoms with van der Waals surface area (Å²) in [5.41, 5.74) is 2.73. The van der Waals surface area contributed by atoms with Crippen LogP contribution in [-0.4, -0.2) is 23.8 Å². The lowest BCUT2D eigenvalue weighted by Crippen LogP contribution is -2.53. The van der Waals surface area contributed by atoms with Gasteiger partial charge in [0.25, 0.3) is 0 Å². The first-order valence-corrected chi connectivity index (χ1v) is 9.32. The number of likely N-dealkylation sites (N-methyl/N-ethyl adjacent to an activating group) is 1. The minimum absolute atomic E-state index is 0.0428. The standard InChI is InChI=1S/C20H22N4OS/c1-20(2,3)14-7-5-13(6-8-14)16-17(15-9-12(10-21)11-26-15)23-19(22)24(4)18(16)25/h5-9,11,16-17H,1-4H3,(H2,22,23)/t16?,17-/m1/s1. The molecular weight excluding hydrogens is 344 g/mol. The van der Waals surface area contributed by atoms with E-state index in [0.29, 0.717) is 5.56 Å². The summed E-state index contributed by atoms with van der Waals surface area (Å²) in [4.78, 5) is 15.2. The van der Waals surface area contributed by atoms with Crippen molar-refractivity contribution in [3.8, 4) is 6.07 Å². The van der Waals surface area contributed by atoms with E-state index in [1.165, 1.54) is 21.8 Å². The van der Waals surface area contributed by atoms with Gasteiger partial charge in [0.1, 0.15) is 6.07 Å².